The van der Waals surface area contributed by atoms with Crippen molar-refractivity contribution in [1.29, 1.82) is 0 Å². The van der Waals surface area contributed by atoms with E-state index < -0.39 is 0 Å². The molecule has 0 atom stereocenters. The lowest BCUT2D eigenvalue weighted by atomic mass is 9.91. The van der Waals surface area contributed by atoms with Crippen molar-refractivity contribution < 1.29 is 4.79 Å². The van der Waals surface area contributed by atoms with Gasteiger partial charge in [0.05, 0.1) is 10.7 Å². The average molecular weight is 383 g/mol. The smallest absolute Gasteiger partial charge is 0.332 e. The van der Waals surface area contributed by atoms with Crippen molar-refractivity contribution in [2.24, 2.45) is 0 Å². The van der Waals surface area contributed by atoms with Crippen LogP contribution in [-0.2, 0) is 0 Å². The molecule has 132 valence electrons. The number of thiol groups is 1. The lowest BCUT2D eigenvalue weighted by molar-refractivity contribution is 0.249. The molecular weight excluding hydrogens is 364 g/mol. The van der Waals surface area contributed by atoms with Crippen LogP contribution in [-0.4, -0.2) is 12.6 Å². The van der Waals surface area contributed by atoms with Gasteiger partial charge in [-0.1, -0.05) is 97.2 Å². The van der Waals surface area contributed by atoms with E-state index in [-0.39, 0.29) is 11.9 Å². The highest BCUT2D eigenvalue weighted by atomic mass is 35.5. The summed E-state index contributed by atoms with van der Waals surface area (Å²) < 4.78 is 1.23. The molecule has 0 unspecified atom stereocenters. The Morgan fingerprint density at radius 1 is 0.885 bits per heavy atom. The fourth-order valence-corrected chi connectivity index (χ4v) is 3.32. The molecule has 5 heteroatoms. The Morgan fingerprint density at radius 2 is 1.38 bits per heavy atom. The number of nitrogens with zero attached hydrogens (tertiary/aromatic N) is 1. The summed E-state index contributed by atoms with van der Waals surface area (Å²) in [4.78, 5) is 12.5. The summed E-state index contributed by atoms with van der Waals surface area (Å²) in [6, 6.07) is 27.0. The largest absolute Gasteiger partial charge is 0.336 e. The monoisotopic (exact) mass is 382 g/mol. The number of carbonyl (C=O) groups is 1. The first-order valence-corrected chi connectivity index (χ1v) is 9.06. The summed E-state index contributed by atoms with van der Waals surface area (Å²) in [5, 5.41) is 3.43. The molecule has 26 heavy (non-hydrogen) atoms. The number of carbonyl (C=O) groups excluding carboxylic acids is 1. The van der Waals surface area contributed by atoms with Crippen molar-refractivity contribution in [2.75, 3.05) is 10.8 Å². The Morgan fingerprint density at radius 3 is 1.92 bits per heavy atom. The van der Waals surface area contributed by atoms with Gasteiger partial charge in [-0.25, -0.2) is 9.10 Å². The molecule has 3 rings (SSSR count). The number of para-hydroxylation sites is 1. The van der Waals surface area contributed by atoms with E-state index in [1.165, 1.54) is 4.31 Å². The number of nitrogens with one attached hydrogen (secondary N) is 1. The minimum atomic E-state index is -0.321. The number of halogens is 1. The highest BCUT2D eigenvalue weighted by Gasteiger charge is 2.18. The quantitative estimate of drug-likeness (QED) is 0.558. The summed E-state index contributed by atoms with van der Waals surface area (Å²) in [5.41, 5.74) is 2.83. The highest BCUT2D eigenvalue weighted by molar-refractivity contribution is 7.82. The van der Waals surface area contributed by atoms with E-state index in [9.17, 15) is 4.79 Å². The average Bonchev–Trinajstić information content (AvgIpc) is 2.69. The van der Waals surface area contributed by atoms with Crippen LogP contribution in [0.25, 0.3) is 0 Å². The molecule has 0 aliphatic rings. The van der Waals surface area contributed by atoms with Crippen molar-refractivity contribution in [1.82, 2.24) is 5.32 Å². The summed E-state index contributed by atoms with van der Waals surface area (Å²) in [7, 11) is 0. The maximum Gasteiger partial charge on any atom is 0.332 e. The topological polar surface area (TPSA) is 32.3 Å². The van der Waals surface area contributed by atoms with E-state index in [1.807, 2.05) is 48.5 Å². The van der Waals surface area contributed by atoms with Crippen LogP contribution in [0.2, 0.25) is 5.02 Å². The van der Waals surface area contributed by atoms with E-state index in [2.05, 4.69) is 42.4 Å². The summed E-state index contributed by atoms with van der Waals surface area (Å²) >= 11 is 10.4. The minimum absolute atomic E-state index is 0.0503. The maximum absolute atomic E-state index is 12.5. The molecule has 0 aromatic heterocycles. The first-order valence-electron chi connectivity index (χ1n) is 8.28. The highest BCUT2D eigenvalue weighted by Crippen LogP contribution is 2.27. The third kappa shape index (κ3) is 4.40. The number of hydrogen-bond donors (Lipinski definition) is 2. The first kappa shape index (κ1) is 18.4. The fourth-order valence-electron chi connectivity index (χ4n) is 2.80. The van der Waals surface area contributed by atoms with E-state index in [0.29, 0.717) is 17.3 Å². The second-order valence-electron chi connectivity index (χ2n) is 5.82. The van der Waals surface area contributed by atoms with E-state index >= 15 is 0 Å². The number of anilines is 1. The molecule has 0 saturated heterocycles. The van der Waals surface area contributed by atoms with Crippen molar-refractivity contribution in [2.45, 2.75) is 5.92 Å². The molecule has 0 aliphatic carbocycles. The SMILES string of the molecule is O=C(NCC(c1ccccc1)c1ccccc1)N(S)c1ccccc1Cl. The van der Waals surface area contributed by atoms with Gasteiger partial charge in [0.2, 0.25) is 0 Å². The maximum atomic E-state index is 12.5. The summed E-state index contributed by atoms with van der Waals surface area (Å²) in [6.45, 7) is 0.453. The molecule has 0 aliphatic heterocycles. The normalized spacial score (nSPS) is 10.6. The van der Waals surface area contributed by atoms with E-state index in [4.69, 9.17) is 11.6 Å². The lowest BCUT2D eigenvalue weighted by Gasteiger charge is -2.22. The van der Waals surface area contributed by atoms with Crippen LogP contribution in [0, 0.1) is 0 Å². The van der Waals surface area contributed by atoms with Gasteiger partial charge in [0, 0.05) is 12.5 Å². The minimum Gasteiger partial charge on any atom is -0.336 e. The predicted octanol–water partition coefficient (Wildman–Crippen LogP) is 5.53. The van der Waals surface area contributed by atoms with Crippen LogP contribution in [0.15, 0.2) is 84.9 Å². The number of hydrogen-bond acceptors (Lipinski definition) is 2. The fraction of sp³-hybridized carbons (Fsp3) is 0.0952. The molecule has 2 amide bonds. The van der Waals surface area contributed by atoms with Gasteiger partial charge in [-0.15, -0.1) is 0 Å². The zero-order valence-corrected chi connectivity index (χ0v) is 15.7. The van der Waals surface area contributed by atoms with Crippen LogP contribution in [0.5, 0.6) is 0 Å². The van der Waals surface area contributed by atoms with Gasteiger partial charge in [-0.05, 0) is 23.3 Å². The molecule has 3 aromatic rings. The Bertz CT molecular complexity index is 819. The Balaban J connectivity index is 1.76. The molecule has 3 aromatic carbocycles. The van der Waals surface area contributed by atoms with Gasteiger partial charge in [0.25, 0.3) is 0 Å². The molecule has 0 bridgehead atoms. The molecule has 0 fully saturated rings. The first-order chi connectivity index (χ1) is 12.7. The zero-order chi connectivity index (χ0) is 18.4. The third-order valence-electron chi connectivity index (χ3n) is 4.13. The lowest BCUT2D eigenvalue weighted by Crippen LogP contribution is -2.37. The molecular formula is C21H19ClN2OS. The molecule has 0 saturated carbocycles. The van der Waals surface area contributed by atoms with Crippen LogP contribution in [0.1, 0.15) is 17.0 Å². The van der Waals surface area contributed by atoms with Gasteiger partial charge < -0.3 is 5.32 Å². The molecule has 3 nitrogen and oxygen atoms in total. The standard InChI is InChI=1S/C21H19ClN2OS/c22-19-13-7-8-14-20(19)24(26)21(25)23-15-18(16-9-3-1-4-10-16)17-11-5-2-6-12-17/h1-14,18,26H,15H2,(H,23,25). The Kier molecular flexibility index (Phi) is 6.21. The van der Waals surface area contributed by atoms with Gasteiger partial charge in [-0.3, -0.25) is 0 Å². The third-order valence-corrected chi connectivity index (χ3v) is 4.85. The predicted molar refractivity (Wildman–Crippen MR) is 111 cm³/mol. The number of urea groups is 1. The summed E-state index contributed by atoms with van der Waals surface area (Å²) in [5.74, 6) is 0.0503. The zero-order valence-electron chi connectivity index (χ0n) is 14.0. The number of benzene rings is 3. The molecule has 1 N–H and O–H groups in total. The molecule has 0 heterocycles. The number of amides is 2. The molecule has 0 spiro atoms. The van der Waals surface area contributed by atoms with Gasteiger partial charge in [0.1, 0.15) is 0 Å². The second kappa shape index (κ2) is 8.79. The van der Waals surface area contributed by atoms with Crippen LogP contribution >= 0.6 is 24.4 Å². The van der Waals surface area contributed by atoms with Crippen LogP contribution < -0.4 is 9.62 Å². The second-order valence-corrected chi connectivity index (χ2v) is 6.63. The Labute approximate surface area is 164 Å². The number of rotatable bonds is 5. The molecule has 0 radical (unpaired) electrons. The Hall–Kier alpha value is -2.43. The summed E-state index contributed by atoms with van der Waals surface area (Å²) in [6.07, 6.45) is 0. The van der Waals surface area contributed by atoms with Crippen molar-refractivity contribution in [3.8, 4) is 0 Å². The van der Waals surface area contributed by atoms with Gasteiger partial charge in [-0.2, -0.15) is 0 Å². The van der Waals surface area contributed by atoms with Gasteiger partial charge >= 0.3 is 6.03 Å². The van der Waals surface area contributed by atoms with Crippen LogP contribution in [0.4, 0.5) is 10.5 Å². The van der Waals surface area contributed by atoms with E-state index in [0.717, 1.165) is 11.1 Å². The van der Waals surface area contributed by atoms with E-state index in [1.54, 1.807) is 12.1 Å². The van der Waals surface area contributed by atoms with Crippen molar-refractivity contribution >= 4 is 36.1 Å². The van der Waals surface area contributed by atoms with Crippen molar-refractivity contribution in [3.63, 3.8) is 0 Å². The van der Waals surface area contributed by atoms with Gasteiger partial charge in [0.15, 0.2) is 0 Å². The van der Waals surface area contributed by atoms with Crippen molar-refractivity contribution in [3.05, 3.63) is 101 Å². The van der Waals surface area contributed by atoms with Crippen LogP contribution in [0.3, 0.4) is 0 Å².